The average Bonchev–Trinajstić information content (AvgIpc) is 3.09. The third-order valence-corrected chi connectivity index (χ3v) is 5.06. The number of amides is 1. The molecule has 28 heavy (non-hydrogen) atoms. The second-order valence-electron chi connectivity index (χ2n) is 6.80. The summed E-state index contributed by atoms with van der Waals surface area (Å²) in [6.45, 7) is 0. The highest BCUT2D eigenvalue weighted by atomic mass is 16.5. The summed E-state index contributed by atoms with van der Waals surface area (Å²) >= 11 is 0. The Morgan fingerprint density at radius 2 is 1.79 bits per heavy atom. The molecule has 0 saturated heterocycles. The number of anilines is 1. The van der Waals surface area contributed by atoms with Gasteiger partial charge in [-0.05, 0) is 25.0 Å². The van der Waals surface area contributed by atoms with Crippen LogP contribution >= 0.6 is 0 Å². The van der Waals surface area contributed by atoms with E-state index in [1.54, 1.807) is 24.3 Å². The molecule has 9 heteroatoms. The zero-order valence-corrected chi connectivity index (χ0v) is 15.7. The Balaban J connectivity index is 1.75. The van der Waals surface area contributed by atoms with Crippen molar-refractivity contribution in [1.82, 2.24) is 15.0 Å². The Morgan fingerprint density at radius 3 is 2.39 bits per heavy atom. The van der Waals surface area contributed by atoms with Crippen molar-refractivity contribution in [3.63, 3.8) is 0 Å². The Bertz CT molecular complexity index is 890. The van der Waals surface area contributed by atoms with Gasteiger partial charge in [0, 0.05) is 18.3 Å². The number of carbonyl (C=O) groups excluding carboxylic acids is 2. The van der Waals surface area contributed by atoms with Crippen LogP contribution in [0.4, 0.5) is 5.69 Å². The predicted molar refractivity (Wildman–Crippen MR) is 99.5 cm³/mol. The van der Waals surface area contributed by atoms with Crippen LogP contribution in [0.25, 0.3) is 11.3 Å². The van der Waals surface area contributed by atoms with Crippen molar-refractivity contribution in [1.29, 1.82) is 0 Å². The summed E-state index contributed by atoms with van der Waals surface area (Å²) in [5.74, 6) is -2.52. The standard InChI is InChI=1S/C19H22N4O5/c1-23-16(18(25)26)15(21-22-23)11-7-9-12(10-8-11)20-17(24)13-5-3-4-6-14(13)19(27)28-2/h7-10,13-14H,3-6H2,1-2H3,(H,20,24)(H,25,26)/t13-,14-/m0/s1. The molecule has 0 radical (unpaired) electrons. The van der Waals surface area contributed by atoms with Crippen LogP contribution in [0.15, 0.2) is 24.3 Å². The molecule has 3 rings (SSSR count). The van der Waals surface area contributed by atoms with E-state index in [4.69, 9.17) is 4.74 Å². The summed E-state index contributed by atoms with van der Waals surface area (Å²) in [7, 11) is 2.85. The number of nitrogens with one attached hydrogen (secondary N) is 1. The largest absolute Gasteiger partial charge is 0.476 e. The summed E-state index contributed by atoms with van der Waals surface area (Å²) in [6.07, 6.45) is 3.09. The van der Waals surface area contributed by atoms with Crippen LogP contribution < -0.4 is 5.32 Å². The van der Waals surface area contributed by atoms with E-state index in [0.717, 1.165) is 12.8 Å². The molecule has 1 aliphatic rings. The maximum Gasteiger partial charge on any atom is 0.356 e. The minimum Gasteiger partial charge on any atom is -0.476 e. The Morgan fingerprint density at radius 1 is 1.14 bits per heavy atom. The highest BCUT2D eigenvalue weighted by Crippen LogP contribution is 2.32. The van der Waals surface area contributed by atoms with Gasteiger partial charge in [-0.15, -0.1) is 5.10 Å². The number of carboxylic acids is 1. The molecule has 2 aromatic rings. The number of esters is 1. The lowest BCUT2D eigenvalue weighted by Gasteiger charge is -2.28. The fourth-order valence-corrected chi connectivity index (χ4v) is 3.62. The van der Waals surface area contributed by atoms with E-state index < -0.39 is 17.8 Å². The topological polar surface area (TPSA) is 123 Å². The number of hydrogen-bond donors (Lipinski definition) is 2. The number of nitrogens with zero attached hydrogens (tertiary/aromatic N) is 3. The minimum atomic E-state index is -1.12. The summed E-state index contributed by atoms with van der Waals surface area (Å²) in [5.41, 5.74) is 1.38. The molecule has 1 aromatic carbocycles. The van der Waals surface area contributed by atoms with E-state index in [9.17, 15) is 19.5 Å². The molecular weight excluding hydrogens is 364 g/mol. The highest BCUT2D eigenvalue weighted by Gasteiger charge is 2.36. The van der Waals surface area contributed by atoms with Crippen molar-refractivity contribution in [2.24, 2.45) is 18.9 Å². The van der Waals surface area contributed by atoms with Gasteiger partial charge in [0.05, 0.1) is 18.9 Å². The first kappa shape index (κ1) is 19.5. The number of carbonyl (C=O) groups is 3. The number of aromatic nitrogens is 3. The summed E-state index contributed by atoms with van der Waals surface area (Å²) in [5, 5.41) is 19.8. The molecule has 9 nitrogen and oxygen atoms in total. The van der Waals surface area contributed by atoms with E-state index in [2.05, 4.69) is 15.6 Å². The van der Waals surface area contributed by atoms with Crippen molar-refractivity contribution in [2.45, 2.75) is 25.7 Å². The van der Waals surface area contributed by atoms with Crippen LogP contribution in [0.3, 0.4) is 0 Å². The van der Waals surface area contributed by atoms with Gasteiger partial charge in [0.15, 0.2) is 5.69 Å². The number of ether oxygens (including phenoxy) is 1. The first-order chi connectivity index (χ1) is 13.4. The molecule has 1 heterocycles. The summed E-state index contributed by atoms with van der Waals surface area (Å²) in [4.78, 5) is 36.0. The smallest absolute Gasteiger partial charge is 0.356 e. The van der Waals surface area contributed by atoms with E-state index >= 15 is 0 Å². The van der Waals surface area contributed by atoms with E-state index in [1.165, 1.54) is 18.8 Å². The fraction of sp³-hybridized carbons (Fsp3) is 0.421. The minimum absolute atomic E-state index is 0.0140. The third-order valence-electron chi connectivity index (χ3n) is 5.06. The SMILES string of the molecule is COC(=O)[C@H]1CCCC[C@@H]1C(=O)Nc1ccc(-c2nnn(C)c2C(=O)O)cc1. The van der Waals surface area contributed by atoms with Gasteiger partial charge >= 0.3 is 11.9 Å². The van der Waals surface area contributed by atoms with Gasteiger partial charge in [-0.1, -0.05) is 30.2 Å². The number of aryl methyl sites for hydroxylation is 1. The zero-order valence-electron chi connectivity index (χ0n) is 15.7. The molecule has 148 valence electrons. The molecule has 0 spiro atoms. The third kappa shape index (κ3) is 3.88. The second kappa shape index (κ2) is 8.20. The van der Waals surface area contributed by atoms with E-state index in [-0.39, 0.29) is 23.3 Å². The molecular formula is C19H22N4O5. The van der Waals surface area contributed by atoms with Gasteiger partial charge in [0.25, 0.3) is 0 Å². The van der Waals surface area contributed by atoms with Crippen molar-refractivity contribution < 1.29 is 24.2 Å². The lowest BCUT2D eigenvalue weighted by Crippen LogP contribution is -2.36. The Hall–Kier alpha value is -3.23. The van der Waals surface area contributed by atoms with Gasteiger partial charge in [0.2, 0.25) is 5.91 Å². The maximum absolute atomic E-state index is 12.7. The number of aromatic carboxylic acids is 1. The number of benzene rings is 1. The van der Waals surface area contributed by atoms with Crippen molar-refractivity contribution in [3.8, 4) is 11.3 Å². The monoisotopic (exact) mass is 386 g/mol. The first-order valence-corrected chi connectivity index (χ1v) is 9.04. The molecule has 1 aromatic heterocycles. The second-order valence-corrected chi connectivity index (χ2v) is 6.80. The molecule has 1 saturated carbocycles. The number of carboxylic acid groups (broad SMARTS) is 1. The quantitative estimate of drug-likeness (QED) is 0.754. The first-order valence-electron chi connectivity index (χ1n) is 9.04. The lowest BCUT2D eigenvalue weighted by molar-refractivity contribution is -0.151. The van der Waals surface area contributed by atoms with Gasteiger partial charge < -0.3 is 15.2 Å². The van der Waals surface area contributed by atoms with Crippen LogP contribution in [0, 0.1) is 11.8 Å². The van der Waals surface area contributed by atoms with Crippen LogP contribution in [0.1, 0.15) is 36.2 Å². The van der Waals surface area contributed by atoms with Gasteiger partial charge in [0.1, 0.15) is 5.69 Å². The van der Waals surface area contributed by atoms with Gasteiger partial charge in [-0.2, -0.15) is 0 Å². The maximum atomic E-state index is 12.7. The molecule has 1 aliphatic carbocycles. The van der Waals surface area contributed by atoms with Crippen molar-refractivity contribution >= 4 is 23.5 Å². The number of hydrogen-bond acceptors (Lipinski definition) is 6. The summed E-state index contributed by atoms with van der Waals surface area (Å²) < 4.78 is 6.03. The van der Waals surface area contributed by atoms with Gasteiger partial charge in [-0.25, -0.2) is 9.48 Å². The molecule has 0 bridgehead atoms. The molecule has 1 fully saturated rings. The molecule has 0 aliphatic heterocycles. The van der Waals surface area contributed by atoms with Crippen LogP contribution in [0.5, 0.6) is 0 Å². The molecule has 2 N–H and O–H groups in total. The van der Waals surface area contributed by atoms with Crippen molar-refractivity contribution in [3.05, 3.63) is 30.0 Å². The summed E-state index contributed by atoms with van der Waals surface area (Å²) in [6, 6.07) is 6.68. The molecule has 0 unspecified atom stereocenters. The number of methoxy groups -OCH3 is 1. The van der Waals surface area contributed by atoms with Crippen LogP contribution in [0.2, 0.25) is 0 Å². The molecule has 2 atom stereocenters. The lowest BCUT2D eigenvalue weighted by atomic mass is 9.78. The van der Waals surface area contributed by atoms with Gasteiger partial charge in [-0.3, -0.25) is 9.59 Å². The van der Waals surface area contributed by atoms with E-state index in [1.807, 2.05) is 0 Å². The van der Waals surface area contributed by atoms with Crippen LogP contribution in [-0.2, 0) is 21.4 Å². The van der Waals surface area contributed by atoms with Crippen molar-refractivity contribution in [2.75, 3.05) is 12.4 Å². The fourth-order valence-electron chi connectivity index (χ4n) is 3.62. The Kier molecular flexibility index (Phi) is 5.72. The normalized spacial score (nSPS) is 19.1. The highest BCUT2D eigenvalue weighted by molar-refractivity contribution is 5.96. The average molecular weight is 386 g/mol. The number of rotatable bonds is 5. The Labute approximate surface area is 161 Å². The van der Waals surface area contributed by atoms with Crippen LogP contribution in [-0.4, -0.2) is 45.1 Å². The molecule has 1 amide bonds. The predicted octanol–water partition coefficient (Wildman–Crippen LogP) is 2.10. The zero-order chi connectivity index (χ0) is 20.3. The van der Waals surface area contributed by atoms with E-state index in [0.29, 0.717) is 24.1 Å².